The van der Waals surface area contributed by atoms with Crippen LogP contribution in [0, 0.1) is 0 Å². The summed E-state index contributed by atoms with van der Waals surface area (Å²) in [5, 5.41) is 3.08. The predicted molar refractivity (Wildman–Crippen MR) is 51.6 cm³/mol. The Balaban J connectivity index is 1.78. The summed E-state index contributed by atoms with van der Waals surface area (Å²) in [7, 11) is 0. The number of carbonyl (C=O) groups excluding carboxylic acids is 1. The Bertz CT molecular complexity index is 197. The Kier molecular flexibility index (Phi) is 2.42. The van der Waals surface area contributed by atoms with Crippen LogP contribution in [0.1, 0.15) is 39.0 Å². The monoisotopic (exact) mass is 182 g/mol. The van der Waals surface area contributed by atoms with Crippen LogP contribution in [0.5, 0.6) is 0 Å². The van der Waals surface area contributed by atoms with Crippen molar-refractivity contribution in [1.29, 1.82) is 0 Å². The van der Waals surface area contributed by atoms with E-state index in [1.165, 1.54) is 32.1 Å². The van der Waals surface area contributed by atoms with E-state index in [1.807, 2.05) is 4.90 Å². The maximum atomic E-state index is 11.7. The van der Waals surface area contributed by atoms with Gasteiger partial charge < -0.3 is 10.2 Å². The molecule has 0 radical (unpaired) electrons. The summed E-state index contributed by atoms with van der Waals surface area (Å²) in [5.41, 5.74) is 0. The average molecular weight is 182 g/mol. The van der Waals surface area contributed by atoms with Gasteiger partial charge >= 0.3 is 6.03 Å². The maximum absolute atomic E-state index is 11.7. The third-order valence-corrected chi connectivity index (χ3v) is 3.02. The van der Waals surface area contributed by atoms with Crippen molar-refractivity contribution in [3.63, 3.8) is 0 Å². The average Bonchev–Trinajstić information content (AvgIpc) is 2.82. The molecule has 2 saturated carbocycles. The molecular formula is C10H18N2O. The highest BCUT2D eigenvalue weighted by atomic mass is 16.2. The first-order valence-corrected chi connectivity index (χ1v) is 5.38. The zero-order valence-corrected chi connectivity index (χ0v) is 8.25. The number of amides is 2. The van der Waals surface area contributed by atoms with E-state index in [2.05, 4.69) is 12.2 Å². The third-order valence-electron chi connectivity index (χ3n) is 3.02. The number of urea groups is 1. The van der Waals surface area contributed by atoms with E-state index in [0.717, 1.165) is 6.54 Å². The first kappa shape index (κ1) is 8.85. The van der Waals surface area contributed by atoms with Crippen molar-refractivity contribution >= 4 is 6.03 Å². The minimum Gasteiger partial charge on any atom is -0.335 e. The largest absolute Gasteiger partial charge is 0.335 e. The van der Waals surface area contributed by atoms with E-state index in [9.17, 15) is 4.79 Å². The number of hydrogen-bond donors (Lipinski definition) is 1. The summed E-state index contributed by atoms with van der Waals surface area (Å²) >= 11 is 0. The van der Waals surface area contributed by atoms with Crippen LogP contribution in [-0.2, 0) is 0 Å². The van der Waals surface area contributed by atoms with Gasteiger partial charge in [0, 0.05) is 18.6 Å². The molecule has 2 fully saturated rings. The highest BCUT2D eigenvalue weighted by molar-refractivity contribution is 5.75. The molecule has 2 aliphatic rings. The number of hydrogen-bond acceptors (Lipinski definition) is 1. The molecule has 0 aliphatic heterocycles. The van der Waals surface area contributed by atoms with Gasteiger partial charge in [-0.15, -0.1) is 0 Å². The first-order chi connectivity index (χ1) is 6.31. The second-order valence-corrected chi connectivity index (χ2v) is 4.09. The van der Waals surface area contributed by atoms with Gasteiger partial charge in [-0.1, -0.05) is 0 Å². The lowest BCUT2D eigenvalue weighted by atomic mass is 9.93. The summed E-state index contributed by atoms with van der Waals surface area (Å²) in [5.74, 6) is 0. The van der Waals surface area contributed by atoms with Gasteiger partial charge in [0.05, 0.1) is 0 Å². The van der Waals surface area contributed by atoms with Gasteiger partial charge in [0.25, 0.3) is 0 Å². The maximum Gasteiger partial charge on any atom is 0.317 e. The molecule has 3 heteroatoms. The fourth-order valence-electron chi connectivity index (χ4n) is 1.76. The molecule has 0 unspecified atom stereocenters. The molecule has 2 rings (SSSR count). The fraction of sp³-hybridized carbons (Fsp3) is 0.900. The highest BCUT2D eigenvalue weighted by Gasteiger charge is 2.32. The predicted octanol–water partition coefficient (Wildman–Crippen LogP) is 1.73. The summed E-state index contributed by atoms with van der Waals surface area (Å²) in [6.45, 7) is 2.90. The normalized spacial score (nSPS) is 22.2. The van der Waals surface area contributed by atoms with Crippen molar-refractivity contribution in [2.45, 2.75) is 51.1 Å². The van der Waals surface area contributed by atoms with Crippen molar-refractivity contribution in [1.82, 2.24) is 10.2 Å². The summed E-state index contributed by atoms with van der Waals surface area (Å²) in [6.07, 6.45) is 6.03. The van der Waals surface area contributed by atoms with Crippen LogP contribution >= 0.6 is 0 Å². The van der Waals surface area contributed by atoms with Crippen LogP contribution in [0.4, 0.5) is 4.79 Å². The van der Waals surface area contributed by atoms with Crippen molar-refractivity contribution in [3.05, 3.63) is 0 Å². The van der Waals surface area contributed by atoms with Gasteiger partial charge in [0.1, 0.15) is 0 Å². The molecule has 0 spiro atoms. The molecular weight excluding hydrogens is 164 g/mol. The SMILES string of the molecule is CCN(C(=O)NC1CCC1)C1CC1. The lowest BCUT2D eigenvalue weighted by Gasteiger charge is -2.30. The Morgan fingerprint density at radius 3 is 2.46 bits per heavy atom. The Hall–Kier alpha value is -0.730. The lowest BCUT2D eigenvalue weighted by Crippen LogP contribution is -2.48. The smallest absolute Gasteiger partial charge is 0.317 e. The van der Waals surface area contributed by atoms with Gasteiger partial charge in [-0.2, -0.15) is 0 Å². The van der Waals surface area contributed by atoms with Gasteiger partial charge in [-0.25, -0.2) is 4.79 Å². The molecule has 0 atom stereocenters. The van der Waals surface area contributed by atoms with Gasteiger partial charge in [0.15, 0.2) is 0 Å². The van der Waals surface area contributed by atoms with Crippen LogP contribution < -0.4 is 5.32 Å². The third kappa shape index (κ3) is 1.95. The number of nitrogens with one attached hydrogen (secondary N) is 1. The molecule has 0 aromatic carbocycles. The number of carbonyl (C=O) groups is 1. The first-order valence-electron chi connectivity index (χ1n) is 5.38. The summed E-state index contributed by atoms with van der Waals surface area (Å²) < 4.78 is 0. The zero-order valence-electron chi connectivity index (χ0n) is 8.25. The molecule has 2 aliphatic carbocycles. The van der Waals surface area contributed by atoms with Crippen molar-refractivity contribution < 1.29 is 4.79 Å². The molecule has 0 heterocycles. The van der Waals surface area contributed by atoms with Crippen LogP contribution in [0.2, 0.25) is 0 Å². The minimum absolute atomic E-state index is 0.162. The van der Waals surface area contributed by atoms with E-state index >= 15 is 0 Å². The Morgan fingerprint density at radius 2 is 2.08 bits per heavy atom. The topological polar surface area (TPSA) is 32.3 Å². The van der Waals surface area contributed by atoms with Crippen molar-refractivity contribution in [2.24, 2.45) is 0 Å². The Morgan fingerprint density at radius 1 is 1.38 bits per heavy atom. The highest BCUT2D eigenvalue weighted by Crippen LogP contribution is 2.27. The summed E-state index contributed by atoms with van der Waals surface area (Å²) in [6, 6.07) is 1.18. The van der Waals surface area contributed by atoms with Crippen LogP contribution in [0.25, 0.3) is 0 Å². The molecule has 13 heavy (non-hydrogen) atoms. The van der Waals surface area contributed by atoms with Crippen molar-refractivity contribution in [2.75, 3.05) is 6.54 Å². The van der Waals surface area contributed by atoms with E-state index < -0.39 is 0 Å². The lowest BCUT2D eigenvalue weighted by molar-refractivity contribution is 0.186. The van der Waals surface area contributed by atoms with Gasteiger partial charge in [0.2, 0.25) is 0 Å². The van der Waals surface area contributed by atoms with Crippen LogP contribution in [-0.4, -0.2) is 29.6 Å². The van der Waals surface area contributed by atoms with Gasteiger partial charge in [-0.05, 0) is 39.0 Å². The number of rotatable bonds is 3. The summed E-state index contributed by atoms with van der Waals surface area (Å²) in [4.78, 5) is 13.6. The van der Waals surface area contributed by atoms with Crippen molar-refractivity contribution in [3.8, 4) is 0 Å². The molecule has 3 nitrogen and oxygen atoms in total. The van der Waals surface area contributed by atoms with Gasteiger partial charge in [-0.3, -0.25) is 0 Å². The Labute approximate surface area is 79.5 Å². The molecule has 0 aromatic rings. The van der Waals surface area contributed by atoms with E-state index in [-0.39, 0.29) is 6.03 Å². The standard InChI is InChI=1S/C10H18N2O/c1-2-12(9-6-7-9)10(13)11-8-4-3-5-8/h8-9H,2-7H2,1H3,(H,11,13). The molecule has 74 valence electrons. The fourth-order valence-corrected chi connectivity index (χ4v) is 1.76. The molecule has 0 saturated heterocycles. The second-order valence-electron chi connectivity index (χ2n) is 4.09. The molecule has 2 amide bonds. The van der Waals surface area contributed by atoms with Crippen LogP contribution in [0.3, 0.4) is 0 Å². The minimum atomic E-state index is 0.162. The van der Waals surface area contributed by atoms with E-state index in [4.69, 9.17) is 0 Å². The van der Waals surface area contributed by atoms with Crippen LogP contribution in [0.15, 0.2) is 0 Å². The van der Waals surface area contributed by atoms with E-state index in [1.54, 1.807) is 0 Å². The second kappa shape index (κ2) is 3.56. The zero-order chi connectivity index (χ0) is 9.26. The van der Waals surface area contributed by atoms with E-state index in [0.29, 0.717) is 12.1 Å². The number of nitrogens with zero attached hydrogens (tertiary/aromatic N) is 1. The quantitative estimate of drug-likeness (QED) is 0.708. The molecule has 0 bridgehead atoms. The molecule has 0 aromatic heterocycles. The molecule has 1 N–H and O–H groups in total.